The van der Waals surface area contributed by atoms with Gasteiger partial charge in [-0.3, -0.25) is 19.9 Å². The van der Waals surface area contributed by atoms with E-state index in [0.29, 0.717) is 60.2 Å². The Labute approximate surface area is 354 Å². The van der Waals surface area contributed by atoms with Crippen LogP contribution in [-0.2, 0) is 19.7 Å². The Hall–Kier alpha value is -7.38. The summed E-state index contributed by atoms with van der Waals surface area (Å²) in [6.45, 7) is 1.25. The molecule has 0 aromatic carbocycles. The number of nitrogens with zero attached hydrogens (tertiary/aromatic N) is 13. The van der Waals surface area contributed by atoms with Crippen LogP contribution in [0.3, 0.4) is 0 Å². The van der Waals surface area contributed by atoms with Crippen molar-refractivity contribution in [3.05, 3.63) is 107 Å². The van der Waals surface area contributed by atoms with E-state index >= 15 is 0 Å². The van der Waals surface area contributed by atoms with E-state index in [1.54, 1.807) is 72.2 Å². The maximum Gasteiger partial charge on any atom is 0.319 e. The second kappa shape index (κ2) is 17.7. The van der Waals surface area contributed by atoms with Gasteiger partial charge in [-0.2, -0.15) is 20.7 Å². The molecule has 2 unspecified atom stereocenters. The summed E-state index contributed by atoms with van der Waals surface area (Å²) in [6.07, 6.45) is 12.6. The largest absolute Gasteiger partial charge is 0.395 e. The number of nitriles is 2. The minimum absolute atomic E-state index is 0.0262. The van der Waals surface area contributed by atoms with Crippen LogP contribution in [0.4, 0.5) is 23.0 Å². The summed E-state index contributed by atoms with van der Waals surface area (Å²) in [6, 6.07) is 13.5. The second-order valence-corrected chi connectivity index (χ2v) is 18.8. The lowest BCUT2D eigenvalue weighted by molar-refractivity contribution is -0.383. The van der Waals surface area contributed by atoms with Crippen molar-refractivity contribution in [2.45, 2.75) is 12.1 Å². The Morgan fingerprint density at radius 2 is 1.06 bits per heavy atom. The number of hydrogen-bond acceptors (Lipinski definition) is 19. The molecule has 6 N–H and O–H groups in total. The second-order valence-electron chi connectivity index (χ2n) is 14.2. The lowest BCUT2D eigenvalue weighted by atomic mass is 10.1. The minimum Gasteiger partial charge on any atom is -0.395 e. The van der Waals surface area contributed by atoms with Crippen molar-refractivity contribution in [3.8, 4) is 46.0 Å². The Morgan fingerprint density at radius 3 is 1.48 bits per heavy atom. The first-order valence-corrected chi connectivity index (χ1v) is 22.4. The molecular formula is C38H38N16O6S2. The van der Waals surface area contributed by atoms with Crippen molar-refractivity contribution in [2.24, 2.45) is 0 Å². The van der Waals surface area contributed by atoms with E-state index in [2.05, 4.69) is 42.3 Å². The van der Waals surface area contributed by atoms with E-state index in [1.807, 2.05) is 9.80 Å². The zero-order valence-corrected chi connectivity index (χ0v) is 34.3. The molecule has 2 saturated heterocycles. The van der Waals surface area contributed by atoms with Crippen molar-refractivity contribution in [2.75, 3.05) is 66.4 Å². The first-order chi connectivity index (χ1) is 29.7. The molecule has 0 spiro atoms. The lowest BCUT2D eigenvalue weighted by Gasteiger charge is -2.30. The molecule has 22 nitrogen and oxygen atoms in total. The van der Waals surface area contributed by atoms with Gasteiger partial charge >= 0.3 is 5.69 Å². The number of nitrogen functional groups attached to an aromatic ring is 3. The summed E-state index contributed by atoms with van der Waals surface area (Å²) in [5.74, 6) is 1.28. The van der Waals surface area contributed by atoms with Crippen LogP contribution in [0, 0.1) is 32.8 Å². The summed E-state index contributed by atoms with van der Waals surface area (Å²) in [4.78, 5) is 31.0. The predicted octanol–water partition coefficient (Wildman–Crippen LogP) is 1.90. The van der Waals surface area contributed by atoms with Crippen LogP contribution in [0.5, 0.6) is 0 Å². The van der Waals surface area contributed by atoms with Crippen molar-refractivity contribution >= 4 is 42.7 Å². The zero-order chi connectivity index (χ0) is 44.2. The fourth-order valence-electron chi connectivity index (χ4n) is 6.90. The average molecular weight is 879 g/mol. The molecule has 6 aromatic rings. The van der Waals surface area contributed by atoms with Crippen LogP contribution in [0.1, 0.15) is 23.2 Å². The molecule has 8 heterocycles. The molecule has 6 aromatic heterocycles. The van der Waals surface area contributed by atoms with Crippen LogP contribution >= 0.6 is 0 Å². The van der Waals surface area contributed by atoms with Crippen molar-refractivity contribution < 1.29 is 21.8 Å². The molecule has 2 atom stereocenters. The minimum atomic E-state index is -3.05. The Kier molecular flexibility index (Phi) is 12.2. The SMILES string of the molecule is N#CC(c1ccc(-n2cc(-c3ccnc(N)c3N)cn2)nc1)N1CCS(=O)(=O)CC1.N#CC(c1ccc(-n2cc(-c3ccnc(N)c3[N+](=O)[O-])cn2)nc1)N1CCS(=O)(=O)CC1. The van der Waals surface area contributed by atoms with Crippen LogP contribution < -0.4 is 17.2 Å². The molecule has 0 bridgehead atoms. The van der Waals surface area contributed by atoms with Gasteiger partial charge in [-0.1, -0.05) is 12.1 Å². The fourth-order valence-corrected chi connectivity index (χ4v) is 9.36. The standard InChI is InChI=1S/C19H18N8O4S.C19H20N8O2S/c20-9-16(25-5-7-32(30,31)8-6-25)13-1-2-17(23-10-13)26-12-14(11-24-26)15-3-4-22-19(21)18(15)27(28)29;20-9-16(26-5-7-30(28,29)8-6-26)13-1-2-17(24-10-13)27-12-14(11-25-27)15-3-4-23-19(22)18(15)21/h1-4,10-12,16H,5-8H2,(H2,21,22);1-4,10-12,16H,5-8,21H2,(H2,22,23). The molecule has 24 heteroatoms. The van der Waals surface area contributed by atoms with E-state index in [-0.39, 0.29) is 45.9 Å². The molecule has 0 amide bonds. The van der Waals surface area contributed by atoms with Gasteiger partial charge in [-0.05, 0) is 24.3 Å². The van der Waals surface area contributed by atoms with Gasteiger partial charge in [0.25, 0.3) is 0 Å². The smallest absolute Gasteiger partial charge is 0.319 e. The van der Waals surface area contributed by atoms with Gasteiger partial charge in [0.1, 0.15) is 17.9 Å². The predicted molar refractivity (Wildman–Crippen MR) is 226 cm³/mol. The number of rotatable bonds is 9. The normalized spacial score (nSPS) is 17.1. The summed E-state index contributed by atoms with van der Waals surface area (Å²) < 4.78 is 49.6. The zero-order valence-electron chi connectivity index (χ0n) is 32.7. The summed E-state index contributed by atoms with van der Waals surface area (Å²) >= 11 is 0. The quantitative estimate of drug-likeness (QED) is 0.138. The highest BCUT2D eigenvalue weighted by atomic mass is 32.2. The van der Waals surface area contributed by atoms with E-state index in [0.717, 1.165) is 11.1 Å². The van der Waals surface area contributed by atoms with Crippen molar-refractivity contribution in [1.82, 2.24) is 49.3 Å². The number of nitrogens with two attached hydrogens (primary N) is 3. The average Bonchev–Trinajstić information content (AvgIpc) is 3.96. The highest BCUT2D eigenvalue weighted by Gasteiger charge is 2.30. The molecule has 8 rings (SSSR count). The van der Waals surface area contributed by atoms with Crippen LogP contribution in [0.15, 0.2) is 86.0 Å². The third kappa shape index (κ3) is 9.33. The maximum atomic E-state index is 11.6. The van der Waals surface area contributed by atoms with E-state index in [4.69, 9.17) is 17.2 Å². The topological polar surface area (TPSA) is 331 Å². The molecule has 2 aliphatic rings. The molecule has 2 fully saturated rings. The lowest BCUT2D eigenvalue weighted by Crippen LogP contribution is -2.42. The summed E-state index contributed by atoms with van der Waals surface area (Å²) in [5, 5.41) is 39.1. The van der Waals surface area contributed by atoms with Gasteiger partial charge in [-0.15, -0.1) is 0 Å². The third-order valence-corrected chi connectivity index (χ3v) is 13.5. The van der Waals surface area contributed by atoms with Gasteiger partial charge in [0, 0.05) is 91.2 Å². The van der Waals surface area contributed by atoms with Gasteiger partial charge in [-0.25, -0.2) is 46.1 Å². The number of aromatic nitrogens is 8. The van der Waals surface area contributed by atoms with Crippen molar-refractivity contribution in [3.63, 3.8) is 0 Å². The highest BCUT2D eigenvalue weighted by Crippen LogP contribution is 2.33. The van der Waals surface area contributed by atoms with E-state index in [9.17, 15) is 37.5 Å². The van der Waals surface area contributed by atoms with E-state index in [1.165, 1.54) is 23.1 Å². The molecule has 318 valence electrons. The number of anilines is 3. The fraction of sp³-hybridized carbons (Fsp3) is 0.263. The molecule has 2 aliphatic heterocycles. The molecule has 0 radical (unpaired) electrons. The highest BCUT2D eigenvalue weighted by molar-refractivity contribution is 7.91. The van der Waals surface area contributed by atoms with Crippen molar-refractivity contribution in [1.29, 1.82) is 10.5 Å². The molecule has 0 saturated carbocycles. The Morgan fingerprint density at radius 1 is 0.629 bits per heavy atom. The number of pyridine rings is 4. The Bertz CT molecular complexity index is 2900. The number of nitro groups is 1. The summed E-state index contributed by atoms with van der Waals surface area (Å²) in [7, 11) is -6.05. The van der Waals surface area contributed by atoms with E-state index < -0.39 is 36.7 Å². The van der Waals surface area contributed by atoms with Gasteiger partial charge < -0.3 is 17.2 Å². The Balaban J connectivity index is 0.000000187. The van der Waals surface area contributed by atoms with Gasteiger partial charge in [0.05, 0.1) is 63.7 Å². The van der Waals surface area contributed by atoms with Crippen LogP contribution in [0.2, 0.25) is 0 Å². The first kappa shape index (κ1) is 42.7. The van der Waals surface area contributed by atoms with Crippen LogP contribution in [0.25, 0.3) is 33.9 Å². The number of sulfone groups is 2. The molecular weight excluding hydrogens is 841 g/mol. The molecule has 0 aliphatic carbocycles. The molecule has 62 heavy (non-hydrogen) atoms. The summed E-state index contributed by atoms with van der Waals surface area (Å²) in [5.41, 5.74) is 21.1. The monoisotopic (exact) mass is 878 g/mol. The van der Waals surface area contributed by atoms with Gasteiger partial charge in [0.2, 0.25) is 5.82 Å². The number of hydrogen-bond donors (Lipinski definition) is 3. The van der Waals surface area contributed by atoms with Gasteiger partial charge in [0.15, 0.2) is 31.3 Å². The van der Waals surface area contributed by atoms with Crippen LogP contribution in [-0.4, -0.2) is 120 Å². The third-order valence-electron chi connectivity index (χ3n) is 10.3. The first-order valence-electron chi connectivity index (χ1n) is 18.8. The maximum absolute atomic E-state index is 11.6.